The number of fused-ring (bicyclic) bond motifs is 1. The molecule has 1 aliphatic heterocycles. The summed E-state index contributed by atoms with van der Waals surface area (Å²) in [5, 5.41) is 18.2. The number of ketones is 1. The predicted octanol–water partition coefficient (Wildman–Crippen LogP) is 6.61. The molecular formula is C29H29N3O4. The quantitative estimate of drug-likeness (QED) is 0.303. The van der Waals surface area contributed by atoms with Crippen molar-refractivity contribution in [2.45, 2.75) is 38.6 Å². The Bertz CT molecular complexity index is 1310. The molecule has 3 aromatic carbocycles. The lowest BCUT2D eigenvalue weighted by Crippen LogP contribution is -2.26. The molecule has 0 radical (unpaired) electrons. The average molecular weight is 484 g/mol. The molecule has 2 atom stereocenters. The fraction of sp³-hybridized carbons (Fsp3) is 0.276. The summed E-state index contributed by atoms with van der Waals surface area (Å²) in [5.41, 5.74) is 5.30. The Hall–Kier alpha value is -4.13. The summed E-state index contributed by atoms with van der Waals surface area (Å²) in [7, 11) is 0. The summed E-state index contributed by atoms with van der Waals surface area (Å²) in [6.45, 7) is 4.89. The van der Waals surface area contributed by atoms with Crippen LogP contribution >= 0.6 is 0 Å². The zero-order valence-corrected chi connectivity index (χ0v) is 20.4. The molecule has 0 fully saturated rings. The first kappa shape index (κ1) is 23.6. The minimum absolute atomic E-state index is 0.0240. The van der Waals surface area contributed by atoms with E-state index in [-0.39, 0.29) is 17.4 Å². The fourth-order valence-electron chi connectivity index (χ4n) is 4.87. The van der Waals surface area contributed by atoms with E-state index in [1.807, 2.05) is 36.4 Å². The second kappa shape index (κ2) is 9.85. The summed E-state index contributed by atoms with van der Waals surface area (Å²) in [6.07, 6.45) is 1.08. The number of hydrogen-bond acceptors (Lipinski definition) is 6. The Morgan fingerprint density at radius 2 is 1.61 bits per heavy atom. The lowest BCUT2D eigenvalue weighted by Gasteiger charge is -2.30. The Morgan fingerprint density at radius 3 is 2.28 bits per heavy atom. The first-order valence-electron chi connectivity index (χ1n) is 12.2. The number of carbonyl (C=O) groups is 1. The van der Waals surface area contributed by atoms with Gasteiger partial charge in [0, 0.05) is 29.8 Å². The number of nitro groups is 1. The van der Waals surface area contributed by atoms with Crippen molar-refractivity contribution in [2.24, 2.45) is 5.92 Å². The number of nitrogens with one attached hydrogen (secondary N) is 2. The number of carbonyl (C=O) groups excluding carboxylic acids is 1. The largest absolute Gasteiger partial charge is 0.493 e. The molecule has 5 rings (SSSR count). The van der Waals surface area contributed by atoms with Crippen molar-refractivity contribution < 1.29 is 14.5 Å². The first-order valence-corrected chi connectivity index (χ1v) is 12.2. The minimum Gasteiger partial charge on any atom is -0.493 e. The zero-order chi connectivity index (χ0) is 25.2. The van der Waals surface area contributed by atoms with Crippen LogP contribution in [0.1, 0.15) is 49.8 Å². The number of hydrogen-bond donors (Lipinski definition) is 2. The molecule has 7 nitrogen and oxygen atoms in total. The monoisotopic (exact) mass is 483 g/mol. The van der Waals surface area contributed by atoms with Crippen LogP contribution in [0.25, 0.3) is 0 Å². The zero-order valence-electron chi connectivity index (χ0n) is 20.4. The van der Waals surface area contributed by atoms with Gasteiger partial charge in [-0.25, -0.2) is 0 Å². The third-order valence-corrected chi connectivity index (χ3v) is 6.68. The van der Waals surface area contributed by atoms with Crippen molar-refractivity contribution in [3.05, 3.63) is 105 Å². The molecule has 1 aliphatic carbocycles. The van der Waals surface area contributed by atoms with Gasteiger partial charge in [-0.2, -0.15) is 0 Å². The van der Waals surface area contributed by atoms with E-state index in [1.165, 1.54) is 12.1 Å². The third kappa shape index (κ3) is 4.82. The lowest BCUT2D eigenvalue weighted by atomic mass is 9.78. The van der Waals surface area contributed by atoms with E-state index in [1.54, 1.807) is 12.1 Å². The summed E-state index contributed by atoms with van der Waals surface area (Å²) in [6, 6.07) is 21.9. The second-order valence-electron chi connectivity index (χ2n) is 9.79. The SMILES string of the molecule is CC(C)COc1ccc(C2CC(=O)C3=C(C2)Nc2ccccc2NC3c2ccc([N+](=O)[O-])cc2)cc1. The number of non-ortho nitro benzene ring substituents is 1. The molecule has 0 aromatic heterocycles. The molecule has 0 saturated carbocycles. The van der Waals surface area contributed by atoms with Crippen molar-refractivity contribution in [1.82, 2.24) is 0 Å². The number of nitrogens with zero attached hydrogens (tertiary/aromatic N) is 1. The first-order chi connectivity index (χ1) is 17.4. The van der Waals surface area contributed by atoms with Crippen LogP contribution in [0.15, 0.2) is 84.1 Å². The normalized spacial score (nSPS) is 19.0. The van der Waals surface area contributed by atoms with Crippen molar-refractivity contribution in [3.8, 4) is 5.75 Å². The van der Waals surface area contributed by atoms with E-state index in [2.05, 4.69) is 36.6 Å². The van der Waals surface area contributed by atoms with Crippen LogP contribution in [-0.2, 0) is 4.79 Å². The topological polar surface area (TPSA) is 93.5 Å². The fourth-order valence-corrected chi connectivity index (χ4v) is 4.87. The molecule has 2 aliphatic rings. The highest BCUT2D eigenvalue weighted by Crippen LogP contribution is 2.44. The predicted molar refractivity (Wildman–Crippen MR) is 140 cm³/mol. The van der Waals surface area contributed by atoms with E-state index in [0.29, 0.717) is 30.9 Å². The number of rotatable bonds is 6. The van der Waals surface area contributed by atoms with Crippen molar-refractivity contribution >= 4 is 22.8 Å². The van der Waals surface area contributed by atoms with Gasteiger partial charge in [0.05, 0.1) is 28.9 Å². The number of ether oxygens (including phenoxy) is 1. The van der Waals surface area contributed by atoms with E-state index >= 15 is 0 Å². The summed E-state index contributed by atoms with van der Waals surface area (Å²) < 4.78 is 5.82. The van der Waals surface area contributed by atoms with E-state index in [4.69, 9.17) is 4.74 Å². The number of benzene rings is 3. The Morgan fingerprint density at radius 1 is 0.944 bits per heavy atom. The molecule has 36 heavy (non-hydrogen) atoms. The van der Waals surface area contributed by atoms with Crippen LogP contribution in [0.5, 0.6) is 5.75 Å². The van der Waals surface area contributed by atoms with Crippen LogP contribution in [-0.4, -0.2) is 17.3 Å². The van der Waals surface area contributed by atoms with Gasteiger partial charge in [-0.05, 0) is 65.8 Å². The molecule has 0 bridgehead atoms. The molecular weight excluding hydrogens is 454 g/mol. The maximum absolute atomic E-state index is 13.6. The van der Waals surface area contributed by atoms with Crippen molar-refractivity contribution in [3.63, 3.8) is 0 Å². The van der Waals surface area contributed by atoms with Gasteiger partial charge < -0.3 is 15.4 Å². The van der Waals surface area contributed by atoms with Gasteiger partial charge in [0.25, 0.3) is 5.69 Å². The smallest absolute Gasteiger partial charge is 0.269 e. The van der Waals surface area contributed by atoms with Gasteiger partial charge in [-0.1, -0.05) is 38.1 Å². The van der Waals surface area contributed by atoms with Gasteiger partial charge in [0.1, 0.15) is 5.75 Å². The molecule has 1 heterocycles. The molecule has 184 valence electrons. The van der Waals surface area contributed by atoms with Crippen LogP contribution in [0.2, 0.25) is 0 Å². The van der Waals surface area contributed by atoms with Crippen molar-refractivity contribution in [2.75, 3.05) is 17.2 Å². The third-order valence-electron chi connectivity index (χ3n) is 6.68. The highest BCUT2D eigenvalue weighted by atomic mass is 16.6. The highest BCUT2D eigenvalue weighted by molar-refractivity contribution is 6.01. The molecule has 3 aromatic rings. The Labute approximate surface area is 210 Å². The van der Waals surface area contributed by atoms with E-state index < -0.39 is 11.0 Å². The summed E-state index contributed by atoms with van der Waals surface area (Å²) >= 11 is 0. The van der Waals surface area contributed by atoms with Crippen LogP contribution in [0.3, 0.4) is 0 Å². The van der Waals surface area contributed by atoms with Crippen molar-refractivity contribution in [1.29, 1.82) is 0 Å². The number of para-hydroxylation sites is 2. The van der Waals surface area contributed by atoms with E-state index in [0.717, 1.165) is 33.9 Å². The average Bonchev–Trinajstić information content (AvgIpc) is 3.05. The van der Waals surface area contributed by atoms with E-state index in [9.17, 15) is 14.9 Å². The number of nitro benzene ring substituents is 1. The molecule has 0 spiro atoms. The van der Waals surface area contributed by atoms with Gasteiger partial charge in [0.2, 0.25) is 0 Å². The maximum atomic E-state index is 13.6. The second-order valence-corrected chi connectivity index (χ2v) is 9.79. The summed E-state index contributed by atoms with van der Waals surface area (Å²) in [4.78, 5) is 24.4. The lowest BCUT2D eigenvalue weighted by molar-refractivity contribution is -0.384. The standard InChI is InChI=1S/C29H29N3O4/c1-18(2)17-36-23-13-9-19(10-14-23)21-15-26-28(27(33)16-21)29(20-7-11-22(12-8-20)32(34)35)31-25-6-4-3-5-24(25)30-26/h3-14,18,21,29-31H,15-17H2,1-2H3. The summed E-state index contributed by atoms with van der Waals surface area (Å²) in [5.74, 6) is 1.40. The number of allylic oxidation sites excluding steroid dienone is 1. The van der Waals surface area contributed by atoms with Gasteiger partial charge in [0.15, 0.2) is 5.78 Å². The van der Waals surface area contributed by atoms with Crippen LogP contribution in [0.4, 0.5) is 17.1 Å². The van der Waals surface area contributed by atoms with Gasteiger partial charge in [-0.3, -0.25) is 14.9 Å². The molecule has 2 N–H and O–H groups in total. The molecule has 0 saturated heterocycles. The van der Waals surface area contributed by atoms with Crippen LogP contribution < -0.4 is 15.4 Å². The Balaban J connectivity index is 1.48. The maximum Gasteiger partial charge on any atom is 0.269 e. The molecule has 2 unspecified atom stereocenters. The Kier molecular flexibility index (Phi) is 6.46. The van der Waals surface area contributed by atoms with Crippen LogP contribution in [0, 0.1) is 16.0 Å². The molecule has 7 heteroatoms. The number of Topliss-reactive ketones (excluding diaryl/α,β-unsaturated/α-hetero) is 1. The van der Waals surface area contributed by atoms with Gasteiger partial charge in [-0.15, -0.1) is 0 Å². The number of anilines is 2. The van der Waals surface area contributed by atoms with Gasteiger partial charge >= 0.3 is 0 Å². The highest BCUT2D eigenvalue weighted by Gasteiger charge is 2.36. The molecule has 0 amide bonds. The minimum atomic E-state index is -0.415.